The molecule has 5 nitrogen and oxygen atoms in total. The number of thiophene rings is 1. The predicted octanol–water partition coefficient (Wildman–Crippen LogP) is 13.4. The van der Waals surface area contributed by atoms with E-state index in [0.717, 1.165) is 33.6 Å². The molecule has 8 aromatic carbocycles. The molecule has 4 heterocycles. The fraction of sp³-hybridized carbons (Fsp3) is 0. The topological polar surface area (TPSA) is 48.5 Å². The van der Waals surface area contributed by atoms with Crippen molar-refractivity contribution in [3.63, 3.8) is 0 Å². The van der Waals surface area contributed by atoms with Gasteiger partial charge in [-0.05, 0) is 60.7 Å². The minimum Gasteiger partial charge on any atom is -0.309 e. The molecular weight excluding hydrogens is 715 g/mol. The minimum atomic E-state index is 0.636. The van der Waals surface area contributed by atoms with E-state index in [-0.39, 0.29) is 0 Å². The molecule has 0 saturated carbocycles. The van der Waals surface area contributed by atoms with Gasteiger partial charge in [0.15, 0.2) is 17.5 Å². The summed E-state index contributed by atoms with van der Waals surface area (Å²) in [5.74, 6) is 1.93. The highest BCUT2D eigenvalue weighted by Gasteiger charge is 2.21. The Bertz CT molecular complexity index is 3400. The van der Waals surface area contributed by atoms with Crippen LogP contribution in [0.25, 0.3) is 109 Å². The summed E-state index contributed by atoms with van der Waals surface area (Å²) < 4.78 is 7.43. The summed E-state index contributed by atoms with van der Waals surface area (Å²) in [7, 11) is 0. The molecule has 0 bridgehead atoms. The lowest BCUT2D eigenvalue weighted by molar-refractivity contribution is 1.07. The lowest BCUT2D eigenvalue weighted by Gasteiger charge is -2.13. The number of rotatable bonds is 5. The molecule has 57 heavy (non-hydrogen) atoms. The van der Waals surface area contributed by atoms with Gasteiger partial charge < -0.3 is 9.13 Å². The fourth-order valence-electron chi connectivity index (χ4n) is 8.61. The van der Waals surface area contributed by atoms with Crippen LogP contribution in [0, 0.1) is 0 Å². The summed E-state index contributed by atoms with van der Waals surface area (Å²) in [4.78, 5) is 15.0. The van der Waals surface area contributed by atoms with E-state index in [9.17, 15) is 0 Å². The van der Waals surface area contributed by atoms with Gasteiger partial charge in [0.1, 0.15) is 0 Å². The van der Waals surface area contributed by atoms with Crippen molar-refractivity contribution < 1.29 is 0 Å². The van der Waals surface area contributed by atoms with Crippen molar-refractivity contribution in [2.75, 3.05) is 0 Å². The molecule has 0 aliphatic carbocycles. The third-order valence-corrected chi connectivity index (χ3v) is 12.3. The Morgan fingerprint density at radius 2 is 0.825 bits per heavy atom. The molecule has 0 spiro atoms. The molecule has 6 heteroatoms. The normalized spacial score (nSPS) is 11.9. The molecule has 0 fully saturated rings. The molecule has 0 radical (unpaired) electrons. The molecule has 0 atom stereocenters. The second-order valence-electron chi connectivity index (χ2n) is 14.4. The first-order valence-corrected chi connectivity index (χ1v) is 19.9. The first-order chi connectivity index (χ1) is 28.3. The number of para-hydroxylation sites is 2. The summed E-state index contributed by atoms with van der Waals surface area (Å²) in [6.45, 7) is 0. The van der Waals surface area contributed by atoms with Crippen LogP contribution >= 0.6 is 11.3 Å². The van der Waals surface area contributed by atoms with Gasteiger partial charge in [-0.15, -0.1) is 11.3 Å². The monoisotopic (exact) mass is 745 g/mol. The highest BCUT2D eigenvalue weighted by molar-refractivity contribution is 7.26. The third kappa shape index (κ3) is 4.98. The molecule has 0 unspecified atom stereocenters. The maximum absolute atomic E-state index is 5.02. The smallest absolute Gasteiger partial charge is 0.164 e. The van der Waals surface area contributed by atoms with Crippen molar-refractivity contribution in [2.24, 2.45) is 0 Å². The zero-order chi connectivity index (χ0) is 37.5. The third-order valence-electron chi connectivity index (χ3n) is 11.2. The highest BCUT2D eigenvalue weighted by atomic mass is 32.1. The molecule has 12 aromatic rings. The Hall–Kier alpha value is -7.41. The predicted molar refractivity (Wildman–Crippen MR) is 238 cm³/mol. The van der Waals surface area contributed by atoms with Crippen LogP contribution in [0.2, 0.25) is 0 Å². The average molecular weight is 746 g/mol. The summed E-state index contributed by atoms with van der Waals surface area (Å²) >= 11 is 1.85. The van der Waals surface area contributed by atoms with Crippen molar-refractivity contribution in [1.29, 1.82) is 0 Å². The number of nitrogens with zero attached hydrogens (tertiary/aromatic N) is 5. The van der Waals surface area contributed by atoms with Gasteiger partial charge >= 0.3 is 0 Å². The molecular formula is C51H31N5S. The lowest BCUT2D eigenvalue weighted by Crippen LogP contribution is -2.00. The molecule has 266 valence electrons. The number of hydrogen-bond donors (Lipinski definition) is 0. The number of benzene rings is 8. The van der Waals surface area contributed by atoms with Gasteiger partial charge in [-0.2, -0.15) is 0 Å². The first kappa shape index (κ1) is 31.9. The van der Waals surface area contributed by atoms with Crippen LogP contribution in [0.4, 0.5) is 0 Å². The summed E-state index contributed by atoms with van der Waals surface area (Å²) in [6, 6.07) is 66.7. The summed E-state index contributed by atoms with van der Waals surface area (Å²) in [5, 5.41) is 7.51. The molecule has 0 aliphatic rings. The number of fused-ring (bicyclic) bond motifs is 10. The maximum atomic E-state index is 5.02. The van der Waals surface area contributed by atoms with E-state index in [4.69, 9.17) is 15.0 Å². The maximum Gasteiger partial charge on any atom is 0.164 e. The molecule has 0 saturated heterocycles. The van der Waals surface area contributed by atoms with Gasteiger partial charge in [-0.1, -0.05) is 127 Å². The first-order valence-electron chi connectivity index (χ1n) is 19.1. The van der Waals surface area contributed by atoms with Crippen molar-refractivity contribution in [1.82, 2.24) is 24.1 Å². The van der Waals surface area contributed by atoms with Crippen molar-refractivity contribution in [3.05, 3.63) is 188 Å². The quantitative estimate of drug-likeness (QED) is 0.176. The van der Waals surface area contributed by atoms with E-state index >= 15 is 0 Å². The van der Waals surface area contributed by atoms with Gasteiger partial charge in [0.25, 0.3) is 0 Å². The van der Waals surface area contributed by atoms with Gasteiger partial charge in [0.05, 0.1) is 22.1 Å². The van der Waals surface area contributed by atoms with Crippen molar-refractivity contribution in [2.45, 2.75) is 0 Å². The van der Waals surface area contributed by atoms with E-state index in [2.05, 4.69) is 137 Å². The van der Waals surface area contributed by atoms with Gasteiger partial charge in [0, 0.05) is 69.8 Å². The Morgan fingerprint density at radius 3 is 1.46 bits per heavy atom. The van der Waals surface area contributed by atoms with Crippen LogP contribution in [-0.4, -0.2) is 24.1 Å². The standard InChI is InChI=1S/C51H31N5S/c1-3-13-32(14-4-1)49-52-50(33-15-5-2-6-16-33)54-51(53-49)34-23-25-35(26-24-34)56-44-31-36(55-42-20-10-7-17-37(42)38-18-8-11-21-43(38)55)27-28-39(44)40-29-30-46-47(48(40)56)41-19-9-12-22-45(41)57-46/h1-31H. The Balaban J connectivity index is 1.10. The largest absolute Gasteiger partial charge is 0.309 e. The Labute approximate surface area is 331 Å². The van der Waals surface area contributed by atoms with Gasteiger partial charge in [0.2, 0.25) is 0 Å². The second kappa shape index (κ2) is 12.6. The summed E-state index contributed by atoms with van der Waals surface area (Å²) in [5.41, 5.74) is 9.77. The zero-order valence-electron chi connectivity index (χ0n) is 30.5. The highest BCUT2D eigenvalue weighted by Crippen LogP contribution is 2.44. The van der Waals surface area contributed by atoms with Crippen LogP contribution in [-0.2, 0) is 0 Å². The van der Waals surface area contributed by atoms with Gasteiger partial charge in [-0.25, -0.2) is 15.0 Å². The molecule has 0 N–H and O–H groups in total. The van der Waals surface area contributed by atoms with E-state index in [0.29, 0.717) is 17.5 Å². The van der Waals surface area contributed by atoms with E-state index in [1.165, 1.54) is 58.3 Å². The average Bonchev–Trinajstić information content (AvgIpc) is 3.94. The van der Waals surface area contributed by atoms with Crippen LogP contribution in [0.5, 0.6) is 0 Å². The van der Waals surface area contributed by atoms with Gasteiger partial charge in [-0.3, -0.25) is 0 Å². The number of hydrogen-bond acceptors (Lipinski definition) is 4. The Morgan fingerprint density at radius 1 is 0.333 bits per heavy atom. The summed E-state index contributed by atoms with van der Waals surface area (Å²) in [6.07, 6.45) is 0. The van der Waals surface area contributed by atoms with Crippen molar-refractivity contribution in [3.8, 4) is 45.5 Å². The molecule has 12 rings (SSSR count). The fourth-order valence-corrected chi connectivity index (χ4v) is 9.72. The minimum absolute atomic E-state index is 0.636. The van der Waals surface area contributed by atoms with E-state index in [1.54, 1.807) is 0 Å². The molecule has 0 amide bonds. The van der Waals surface area contributed by atoms with Crippen LogP contribution < -0.4 is 0 Å². The lowest BCUT2D eigenvalue weighted by atomic mass is 10.1. The zero-order valence-corrected chi connectivity index (χ0v) is 31.4. The number of aromatic nitrogens is 5. The Kier molecular flexibility index (Phi) is 7.03. The van der Waals surface area contributed by atoms with Crippen LogP contribution in [0.3, 0.4) is 0 Å². The molecule has 4 aromatic heterocycles. The SMILES string of the molecule is c1ccc(-c2nc(-c3ccccc3)nc(-c3ccc(-n4c5cc(-n6c7ccccc7c7ccccc76)ccc5c5ccc6sc7ccccc7c6c54)cc3)n2)cc1. The van der Waals surface area contributed by atoms with Crippen LogP contribution in [0.1, 0.15) is 0 Å². The van der Waals surface area contributed by atoms with Crippen molar-refractivity contribution >= 4 is 75.1 Å². The van der Waals surface area contributed by atoms with E-state index < -0.39 is 0 Å². The van der Waals surface area contributed by atoms with E-state index in [1.807, 2.05) is 72.0 Å². The molecule has 0 aliphatic heterocycles. The second-order valence-corrected chi connectivity index (χ2v) is 15.5. The van der Waals surface area contributed by atoms with Crippen LogP contribution in [0.15, 0.2) is 188 Å².